The minimum atomic E-state index is -4.27. The molecule has 1 saturated carbocycles. The number of benzene rings is 1. The molecule has 5 rings (SSSR count). The summed E-state index contributed by atoms with van der Waals surface area (Å²) in [4.78, 5) is 15.5. The SMILES string of the molecule is CS(=O)(=O)NCc1csc2c1S(=O)(=O)N=C(C1=C(O)C3CCCCCC3N(Cc3ccccc3)C1=O)N2. The molecule has 37 heavy (non-hydrogen) atoms. The Bertz CT molecular complexity index is 1500. The minimum absolute atomic E-state index is 0.123. The summed E-state index contributed by atoms with van der Waals surface area (Å²) in [6.45, 7) is 0.126. The van der Waals surface area contributed by atoms with Gasteiger partial charge >= 0.3 is 0 Å². The van der Waals surface area contributed by atoms with Crippen LogP contribution in [0.3, 0.4) is 0 Å². The Balaban J connectivity index is 1.54. The van der Waals surface area contributed by atoms with Crippen LogP contribution in [0, 0.1) is 5.92 Å². The number of amidine groups is 1. The Labute approximate surface area is 220 Å². The Morgan fingerprint density at radius 2 is 1.92 bits per heavy atom. The van der Waals surface area contributed by atoms with Gasteiger partial charge in [0, 0.05) is 30.6 Å². The van der Waals surface area contributed by atoms with Crippen molar-refractivity contribution in [2.45, 2.75) is 56.1 Å². The molecule has 13 heteroatoms. The number of thiophene rings is 1. The fourth-order valence-corrected chi connectivity index (χ4v) is 8.27. The van der Waals surface area contributed by atoms with Gasteiger partial charge in [-0.15, -0.1) is 15.7 Å². The van der Waals surface area contributed by atoms with Crippen LogP contribution in [0.2, 0.25) is 0 Å². The van der Waals surface area contributed by atoms with Crippen LogP contribution < -0.4 is 10.0 Å². The van der Waals surface area contributed by atoms with Gasteiger partial charge in [-0.2, -0.15) is 8.42 Å². The van der Waals surface area contributed by atoms with E-state index in [-0.39, 0.29) is 51.1 Å². The highest BCUT2D eigenvalue weighted by atomic mass is 32.2. The molecule has 1 aromatic carbocycles. The normalized spacial score (nSPS) is 23.5. The van der Waals surface area contributed by atoms with Gasteiger partial charge in [-0.1, -0.05) is 49.6 Å². The number of hydrogen-bond acceptors (Lipinski definition) is 8. The lowest BCUT2D eigenvalue weighted by molar-refractivity contribution is -0.132. The summed E-state index contributed by atoms with van der Waals surface area (Å²) in [6.07, 6.45) is 5.27. The topological polar surface area (TPSA) is 145 Å². The number of nitrogens with one attached hydrogen (secondary N) is 2. The zero-order valence-electron chi connectivity index (χ0n) is 20.2. The summed E-state index contributed by atoms with van der Waals surface area (Å²) in [6, 6.07) is 9.37. The maximum Gasteiger partial charge on any atom is 0.287 e. The van der Waals surface area contributed by atoms with E-state index in [4.69, 9.17) is 0 Å². The molecule has 3 N–H and O–H groups in total. The molecule has 1 aliphatic carbocycles. The summed E-state index contributed by atoms with van der Waals surface area (Å²) in [5, 5.41) is 16.0. The standard InChI is InChI=1S/C24H28N4O6S3/c1-36(31,32)25-12-16-14-35-23-21(16)37(33,34)27-22(26-23)19-20(29)17-10-6-3-7-11-18(17)28(24(19)30)13-15-8-4-2-5-9-15/h2,4-5,8-9,14,17-18,25,29H,3,6-7,10-13H2,1H3,(H,26,27). The van der Waals surface area contributed by atoms with Crippen LogP contribution in [0.25, 0.3) is 0 Å². The molecule has 0 radical (unpaired) electrons. The van der Waals surface area contributed by atoms with Gasteiger partial charge in [0.25, 0.3) is 15.9 Å². The highest BCUT2D eigenvalue weighted by Gasteiger charge is 2.45. The van der Waals surface area contributed by atoms with Gasteiger partial charge in [0.05, 0.1) is 6.26 Å². The number of nitrogens with zero attached hydrogens (tertiary/aromatic N) is 2. The smallest absolute Gasteiger partial charge is 0.287 e. The summed E-state index contributed by atoms with van der Waals surface area (Å²) < 4.78 is 55.7. The van der Waals surface area contributed by atoms with Crippen molar-refractivity contribution in [2.75, 3.05) is 11.6 Å². The molecule has 198 valence electrons. The Kier molecular flexibility index (Phi) is 6.90. The van der Waals surface area contributed by atoms with E-state index in [0.29, 0.717) is 13.0 Å². The monoisotopic (exact) mass is 564 g/mol. The molecule has 0 saturated heterocycles. The van der Waals surface area contributed by atoms with E-state index in [0.717, 1.165) is 48.8 Å². The fraction of sp³-hybridized carbons (Fsp3) is 0.417. The first-order chi connectivity index (χ1) is 17.5. The first-order valence-corrected chi connectivity index (χ1v) is 16.2. The van der Waals surface area contributed by atoms with Crippen LogP contribution >= 0.6 is 11.3 Å². The van der Waals surface area contributed by atoms with Gasteiger partial charge in [0.2, 0.25) is 10.0 Å². The average molecular weight is 565 g/mol. The molecule has 3 aliphatic rings. The van der Waals surface area contributed by atoms with Crippen LogP contribution in [0.4, 0.5) is 5.00 Å². The lowest BCUT2D eigenvalue weighted by Gasteiger charge is -2.41. The van der Waals surface area contributed by atoms with E-state index in [1.165, 1.54) is 5.38 Å². The molecule has 10 nitrogen and oxygen atoms in total. The molecule has 0 spiro atoms. The number of fused-ring (bicyclic) bond motifs is 2. The quantitative estimate of drug-likeness (QED) is 0.489. The number of sulfonamides is 2. The number of carbonyl (C=O) groups excluding carboxylic acids is 1. The number of hydrogen-bond donors (Lipinski definition) is 3. The summed E-state index contributed by atoms with van der Waals surface area (Å²) >= 11 is 1.07. The lowest BCUT2D eigenvalue weighted by atomic mass is 9.84. The van der Waals surface area contributed by atoms with E-state index < -0.39 is 26.0 Å². The first kappa shape index (κ1) is 25.9. The van der Waals surface area contributed by atoms with Crippen LogP contribution in [-0.4, -0.2) is 50.9 Å². The summed E-state index contributed by atoms with van der Waals surface area (Å²) in [5.74, 6) is -1.11. The molecule has 2 atom stereocenters. The molecular weight excluding hydrogens is 536 g/mol. The Morgan fingerprint density at radius 1 is 1.19 bits per heavy atom. The molecule has 1 aromatic heterocycles. The zero-order valence-corrected chi connectivity index (χ0v) is 22.6. The molecule has 3 heterocycles. The number of rotatable bonds is 6. The fourth-order valence-electron chi connectivity index (χ4n) is 5.25. The van der Waals surface area contributed by atoms with Crippen LogP contribution in [0.1, 0.15) is 43.2 Å². The van der Waals surface area contributed by atoms with Crippen molar-refractivity contribution in [3.05, 3.63) is 58.2 Å². The van der Waals surface area contributed by atoms with Crippen molar-refractivity contribution >= 4 is 48.1 Å². The van der Waals surface area contributed by atoms with Crippen molar-refractivity contribution in [2.24, 2.45) is 10.3 Å². The maximum absolute atomic E-state index is 13.9. The van der Waals surface area contributed by atoms with E-state index in [1.807, 2.05) is 30.3 Å². The molecule has 0 bridgehead atoms. The van der Waals surface area contributed by atoms with Crippen molar-refractivity contribution in [1.82, 2.24) is 9.62 Å². The second-order valence-electron chi connectivity index (χ2n) is 9.54. The summed E-state index contributed by atoms with van der Waals surface area (Å²) in [7, 11) is -7.81. The number of amides is 1. The van der Waals surface area contributed by atoms with Gasteiger partial charge in [-0.05, 0) is 23.8 Å². The maximum atomic E-state index is 13.9. The third-order valence-corrected chi connectivity index (χ3v) is 10.1. The van der Waals surface area contributed by atoms with Gasteiger partial charge < -0.3 is 15.3 Å². The van der Waals surface area contributed by atoms with Crippen molar-refractivity contribution in [3.8, 4) is 0 Å². The van der Waals surface area contributed by atoms with Gasteiger partial charge in [-0.3, -0.25) is 4.79 Å². The molecule has 2 unspecified atom stereocenters. The number of aliphatic hydroxyl groups excluding tert-OH is 1. The van der Waals surface area contributed by atoms with Gasteiger partial charge in [0.15, 0.2) is 5.84 Å². The Morgan fingerprint density at radius 3 is 2.65 bits per heavy atom. The molecular formula is C24H28N4O6S3. The van der Waals surface area contributed by atoms with E-state index in [2.05, 4.69) is 14.4 Å². The number of carbonyl (C=O) groups is 1. The first-order valence-electron chi connectivity index (χ1n) is 12.0. The predicted octanol–water partition coefficient (Wildman–Crippen LogP) is 3.11. The second-order valence-corrected chi connectivity index (χ2v) is 13.8. The molecule has 2 aromatic rings. The van der Waals surface area contributed by atoms with Gasteiger partial charge in [0.1, 0.15) is 21.2 Å². The van der Waals surface area contributed by atoms with Crippen molar-refractivity contribution < 1.29 is 26.7 Å². The van der Waals surface area contributed by atoms with E-state index >= 15 is 0 Å². The third kappa shape index (κ3) is 5.17. The van der Waals surface area contributed by atoms with Crippen LogP contribution in [0.5, 0.6) is 0 Å². The average Bonchev–Trinajstić information content (AvgIpc) is 3.09. The number of aliphatic hydroxyl groups is 1. The number of anilines is 1. The predicted molar refractivity (Wildman–Crippen MR) is 141 cm³/mol. The highest BCUT2D eigenvalue weighted by molar-refractivity contribution is 7.91. The molecule has 1 amide bonds. The summed E-state index contributed by atoms with van der Waals surface area (Å²) in [5.41, 5.74) is 1.07. The van der Waals surface area contributed by atoms with E-state index in [9.17, 15) is 26.7 Å². The second kappa shape index (κ2) is 9.86. The van der Waals surface area contributed by atoms with Crippen LogP contribution in [0.15, 0.2) is 56.3 Å². The Hall–Kier alpha value is -2.74. The van der Waals surface area contributed by atoms with Gasteiger partial charge in [-0.25, -0.2) is 13.1 Å². The largest absolute Gasteiger partial charge is 0.511 e. The van der Waals surface area contributed by atoms with E-state index in [1.54, 1.807) is 4.90 Å². The zero-order chi connectivity index (χ0) is 26.4. The van der Waals surface area contributed by atoms with Crippen molar-refractivity contribution in [3.63, 3.8) is 0 Å². The molecule has 2 aliphatic heterocycles. The van der Waals surface area contributed by atoms with Crippen molar-refractivity contribution in [1.29, 1.82) is 0 Å². The minimum Gasteiger partial charge on any atom is -0.511 e. The third-order valence-electron chi connectivity index (χ3n) is 6.94. The highest BCUT2D eigenvalue weighted by Crippen LogP contribution is 2.42. The lowest BCUT2D eigenvalue weighted by Crippen LogP contribution is -2.51. The molecule has 1 fully saturated rings. The van der Waals surface area contributed by atoms with Crippen LogP contribution in [-0.2, 0) is 37.9 Å².